The fourth-order valence-electron chi connectivity index (χ4n) is 1.16. The topological polar surface area (TPSA) is 35.0 Å². The second kappa shape index (κ2) is 7.06. The van der Waals surface area contributed by atoms with Gasteiger partial charge in [-0.2, -0.15) is 0 Å². The van der Waals surface area contributed by atoms with Crippen LogP contribution >= 0.6 is 11.8 Å². The largest absolute Gasteiger partial charge is 0.489 e. The molecule has 0 aromatic carbocycles. The van der Waals surface area contributed by atoms with Crippen molar-refractivity contribution in [2.24, 2.45) is 0 Å². The molecular weight excluding hydrogens is 220 g/mol. The summed E-state index contributed by atoms with van der Waals surface area (Å²) in [5.74, 6) is 1.55. The van der Waals surface area contributed by atoms with Crippen molar-refractivity contribution in [2.75, 3.05) is 12.9 Å². The van der Waals surface area contributed by atoms with Crippen molar-refractivity contribution >= 4 is 11.8 Å². The first-order chi connectivity index (χ1) is 7.81. The molecule has 0 saturated heterocycles. The molecule has 0 fully saturated rings. The lowest BCUT2D eigenvalue weighted by Crippen LogP contribution is -2.00. The van der Waals surface area contributed by atoms with E-state index >= 15 is 0 Å². The summed E-state index contributed by atoms with van der Waals surface area (Å²) in [6.45, 7) is 6.19. The van der Waals surface area contributed by atoms with Gasteiger partial charge in [0.15, 0.2) is 5.75 Å². The Labute approximate surface area is 101 Å². The molecule has 0 atom stereocenters. The standard InChI is InChI=1S/C12H16N2OS/c1-4-6-7-8-11-13-9-10(15-5-2)12(14-11)16-3/h4,6-7,9H,1,5,8H2,2-3H3/b7-6-. The van der Waals surface area contributed by atoms with Crippen molar-refractivity contribution in [1.82, 2.24) is 9.97 Å². The molecule has 0 unspecified atom stereocenters. The van der Waals surface area contributed by atoms with E-state index in [0.717, 1.165) is 16.6 Å². The Balaban J connectivity index is 2.81. The van der Waals surface area contributed by atoms with Crippen molar-refractivity contribution < 1.29 is 4.74 Å². The molecule has 86 valence electrons. The van der Waals surface area contributed by atoms with Gasteiger partial charge in [0, 0.05) is 6.42 Å². The minimum Gasteiger partial charge on any atom is -0.489 e. The maximum absolute atomic E-state index is 5.43. The highest BCUT2D eigenvalue weighted by Crippen LogP contribution is 2.24. The maximum atomic E-state index is 5.43. The van der Waals surface area contributed by atoms with Gasteiger partial charge in [-0.05, 0) is 13.2 Å². The maximum Gasteiger partial charge on any atom is 0.169 e. The summed E-state index contributed by atoms with van der Waals surface area (Å²) in [5, 5.41) is 0.888. The second-order valence-corrected chi connectivity index (χ2v) is 3.76. The fourth-order valence-corrected chi connectivity index (χ4v) is 1.67. The van der Waals surface area contributed by atoms with Crippen LogP contribution in [0.25, 0.3) is 0 Å². The molecule has 3 nitrogen and oxygen atoms in total. The highest BCUT2D eigenvalue weighted by Gasteiger charge is 2.05. The molecule has 1 rings (SSSR count). The summed E-state index contributed by atoms with van der Waals surface area (Å²) in [6, 6.07) is 0. The molecule has 1 aromatic heterocycles. The van der Waals surface area contributed by atoms with E-state index in [9.17, 15) is 0 Å². The van der Waals surface area contributed by atoms with Gasteiger partial charge in [0.05, 0.1) is 12.8 Å². The highest BCUT2D eigenvalue weighted by atomic mass is 32.2. The van der Waals surface area contributed by atoms with Crippen molar-refractivity contribution in [1.29, 1.82) is 0 Å². The summed E-state index contributed by atoms with van der Waals surface area (Å²) in [5.41, 5.74) is 0. The Hall–Kier alpha value is -1.29. The zero-order valence-electron chi connectivity index (χ0n) is 9.64. The predicted octanol–water partition coefficient (Wildman–Crippen LogP) is 2.88. The Morgan fingerprint density at radius 2 is 2.38 bits per heavy atom. The van der Waals surface area contributed by atoms with Crippen LogP contribution in [-0.4, -0.2) is 22.8 Å². The average molecular weight is 236 g/mol. The van der Waals surface area contributed by atoms with Crippen molar-refractivity contribution in [3.8, 4) is 5.75 Å². The number of ether oxygens (including phenoxy) is 1. The summed E-state index contributed by atoms with van der Waals surface area (Å²) in [6.07, 6.45) is 10.0. The molecule has 16 heavy (non-hydrogen) atoms. The van der Waals surface area contributed by atoms with Crippen molar-refractivity contribution in [3.63, 3.8) is 0 Å². The van der Waals surface area contributed by atoms with Gasteiger partial charge in [-0.25, -0.2) is 9.97 Å². The number of nitrogens with zero attached hydrogens (tertiary/aromatic N) is 2. The van der Waals surface area contributed by atoms with Gasteiger partial charge in [-0.3, -0.25) is 0 Å². The normalized spacial score (nSPS) is 10.6. The van der Waals surface area contributed by atoms with E-state index in [1.807, 2.05) is 25.3 Å². The van der Waals surface area contributed by atoms with Crippen LogP contribution in [0.1, 0.15) is 12.7 Å². The molecule has 0 radical (unpaired) electrons. The van der Waals surface area contributed by atoms with Gasteiger partial charge in [-0.15, -0.1) is 11.8 Å². The molecule has 0 N–H and O–H groups in total. The SMILES string of the molecule is C=C/C=C\Cc1ncc(OCC)c(SC)n1. The van der Waals surface area contributed by atoms with E-state index in [1.54, 1.807) is 24.0 Å². The number of hydrogen-bond donors (Lipinski definition) is 0. The summed E-state index contributed by atoms with van der Waals surface area (Å²) >= 11 is 1.57. The lowest BCUT2D eigenvalue weighted by Gasteiger charge is -2.07. The molecule has 1 aromatic rings. The van der Waals surface area contributed by atoms with E-state index in [1.165, 1.54) is 0 Å². The van der Waals surface area contributed by atoms with Crippen LogP contribution in [0.5, 0.6) is 5.75 Å². The van der Waals surface area contributed by atoms with Gasteiger partial charge >= 0.3 is 0 Å². The number of rotatable bonds is 6. The van der Waals surface area contributed by atoms with Crippen LogP contribution < -0.4 is 4.74 Å². The molecule has 0 spiro atoms. The lowest BCUT2D eigenvalue weighted by atomic mass is 10.3. The Kier molecular flexibility index (Phi) is 5.64. The number of allylic oxidation sites excluding steroid dienone is 3. The zero-order valence-corrected chi connectivity index (χ0v) is 10.5. The summed E-state index contributed by atoms with van der Waals surface area (Å²) in [4.78, 5) is 8.67. The molecule has 0 aliphatic rings. The molecule has 4 heteroatoms. The third kappa shape index (κ3) is 3.70. The zero-order chi connectivity index (χ0) is 11.8. The quantitative estimate of drug-likeness (QED) is 0.432. The van der Waals surface area contributed by atoms with Crippen LogP contribution in [-0.2, 0) is 6.42 Å². The van der Waals surface area contributed by atoms with E-state index in [2.05, 4.69) is 16.5 Å². The van der Waals surface area contributed by atoms with E-state index < -0.39 is 0 Å². The van der Waals surface area contributed by atoms with E-state index in [0.29, 0.717) is 13.0 Å². The van der Waals surface area contributed by atoms with Gasteiger partial charge in [0.1, 0.15) is 10.9 Å². The molecule has 0 aliphatic heterocycles. The molecule has 1 heterocycles. The van der Waals surface area contributed by atoms with Crippen LogP contribution in [0, 0.1) is 0 Å². The second-order valence-electron chi connectivity index (χ2n) is 2.96. The lowest BCUT2D eigenvalue weighted by molar-refractivity contribution is 0.327. The van der Waals surface area contributed by atoms with Gasteiger partial charge < -0.3 is 4.74 Å². The molecule has 0 saturated carbocycles. The number of hydrogen-bond acceptors (Lipinski definition) is 4. The highest BCUT2D eigenvalue weighted by molar-refractivity contribution is 7.98. The number of aromatic nitrogens is 2. The first-order valence-electron chi connectivity index (χ1n) is 5.12. The van der Waals surface area contributed by atoms with E-state index in [-0.39, 0.29) is 0 Å². The van der Waals surface area contributed by atoms with Crippen LogP contribution in [0.2, 0.25) is 0 Å². The molecule has 0 bridgehead atoms. The van der Waals surface area contributed by atoms with E-state index in [4.69, 9.17) is 4.74 Å². The molecule has 0 aliphatic carbocycles. The first kappa shape index (κ1) is 12.8. The smallest absolute Gasteiger partial charge is 0.169 e. The van der Waals surface area contributed by atoms with Gasteiger partial charge in [0.2, 0.25) is 0 Å². The molecule has 0 amide bonds. The predicted molar refractivity (Wildman–Crippen MR) is 68.0 cm³/mol. The van der Waals surface area contributed by atoms with Crippen LogP contribution in [0.4, 0.5) is 0 Å². The third-order valence-corrected chi connectivity index (χ3v) is 2.52. The summed E-state index contributed by atoms with van der Waals surface area (Å²) in [7, 11) is 0. The minimum atomic E-state index is 0.632. The summed E-state index contributed by atoms with van der Waals surface area (Å²) < 4.78 is 5.43. The fraction of sp³-hybridized carbons (Fsp3) is 0.333. The van der Waals surface area contributed by atoms with Crippen LogP contribution in [0.3, 0.4) is 0 Å². The first-order valence-corrected chi connectivity index (χ1v) is 6.34. The Bertz CT molecular complexity index is 377. The van der Waals surface area contributed by atoms with Crippen LogP contribution in [0.15, 0.2) is 36.0 Å². The van der Waals surface area contributed by atoms with Gasteiger partial charge in [-0.1, -0.05) is 24.8 Å². The number of thioether (sulfide) groups is 1. The molecular formula is C12H16N2OS. The Morgan fingerprint density at radius 3 is 3.00 bits per heavy atom. The monoisotopic (exact) mass is 236 g/mol. The minimum absolute atomic E-state index is 0.632. The Morgan fingerprint density at radius 1 is 1.56 bits per heavy atom. The van der Waals surface area contributed by atoms with Gasteiger partial charge in [0.25, 0.3) is 0 Å². The van der Waals surface area contributed by atoms with Crippen molar-refractivity contribution in [3.05, 3.63) is 36.8 Å². The average Bonchev–Trinajstić information content (AvgIpc) is 2.31. The van der Waals surface area contributed by atoms with Crippen molar-refractivity contribution in [2.45, 2.75) is 18.4 Å². The third-order valence-electron chi connectivity index (χ3n) is 1.84.